The van der Waals surface area contributed by atoms with Gasteiger partial charge in [-0.15, -0.1) is 22.9 Å². The number of alkyl halides is 1. The molecule has 0 bridgehead atoms. The second kappa shape index (κ2) is 6.17. The Hall–Kier alpha value is -1.02. The number of halogens is 2. The molecule has 0 atom stereocenters. The molecule has 0 amide bonds. The first-order valence-electron chi connectivity index (χ1n) is 5.63. The lowest BCUT2D eigenvalue weighted by Gasteiger charge is -2.18. The summed E-state index contributed by atoms with van der Waals surface area (Å²) in [7, 11) is -2.38. The van der Waals surface area contributed by atoms with E-state index >= 15 is 0 Å². The number of hydrogen-bond acceptors (Lipinski definition) is 4. The third-order valence-electron chi connectivity index (χ3n) is 2.73. The van der Waals surface area contributed by atoms with Gasteiger partial charge in [-0.1, -0.05) is 6.07 Å². The van der Waals surface area contributed by atoms with Crippen LogP contribution in [-0.2, 0) is 22.4 Å². The van der Waals surface area contributed by atoms with Gasteiger partial charge in [0, 0.05) is 18.3 Å². The van der Waals surface area contributed by atoms with Gasteiger partial charge in [-0.25, -0.2) is 17.8 Å². The van der Waals surface area contributed by atoms with Crippen molar-refractivity contribution in [1.82, 2.24) is 9.29 Å². The van der Waals surface area contributed by atoms with Crippen LogP contribution in [0.5, 0.6) is 0 Å². The van der Waals surface area contributed by atoms with Crippen LogP contribution in [0.2, 0.25) is 0 Å². The minimum atomic E-state index is -3.81. The van der Waals surface area contributed by atoms with Crippen molar-refractivity contribution >= 4 is 33.0 Å². The number of hydrogen-bond donors (Lipinski definition) is 0. The fraction of sp³-hybridized carbons (Fsp3) is 0.250. The van der Waals surface area contributed by atoms with E-state index in [1.54, 1.807) is 10.9 Å². The zero-order valence-corrected chi connectivity index (χ0v) is 13.0. The van der Waals surface area contributed by atoms with Crippen LogP contribution in [-0.4, -0.2) is 24.8 Å². The van der Waals surface area contributed by atoms with Crippen molar-refractivity contribution in [2.75, 3.05) is 7.05 Å². The van der Waals surface area contributed by atoms with Crippen molar-refractivity contribution in [1.29, 1.82) is 0 Å². The first-order valence-corrected chi connectivity index (χ1v) is 8.54. The van der Waals surface area contributed by atoms with Crippen LogP contribution < -0.4 is 0 Å². The molecule has 1 aromatic heterocycles. The van der Waals surface area contributed by atoms with Crippen molar-refractivity contribution in [3.05, 3.63) is 46.2 Å². The van der Waals surface area contributed by atoms with E-state index in [1.807, 2.05) is 0 Å². The molecule has 0 saturated carbocycles. The zero-order valence-electron chi connectivity index (χ0n) is 10.6. The standard InChI is InChI=1S/C12H12ClFN2O2S2/c1-16(6-11-7-19-8-15-11)20(17,18)12-4-10(14)3-2-9(12)5-13/h2-4,7-8H,5-6H2,1H3. The Labute approximate surface area is 125 Å². The van der Waals surface area contributed by atoms with Crippen LogP contribution in [0.1, 0.15) is 11.3 Å². The molecular formula is C12H12ClFN2O2S2. The summed E-state index contributed by atoms with van der Waals surface area (Å²) < 4.78 is 39.4. The molecule has 20 heavy (non-hydrogen) atoms. The quantitative estimate of drug-likeness (QED) is 0.790. The molecule has 0 aliphatic carbocycles. The van der Waals surface area contributed by atoms with Gasteiger partial charge in [0.2, 0.25) is 10.0 Å². The Morgan fingerprint density at radius 1 is 1.45 bits per heavy atom. The van der Waals surface area contributed by atoms with Crippen molar-refractivity contribution in [3.63, 3.8) is 0 Å². The Morgan fingerprint density at radius 2 is 2.20 bits per heavy atom. The molecule has 0 aliphatic rings. The van der Waals surface area contributed by atoms with Crippen LogP contribution >= 0.6 is 22.9 Å². The summed E-state index contributed by atoms with van der Waals surface area (Å²) in [5, 5.41) is 1.76. The van der Waals surface area contributed by atoms with Gasteiger partial charge in [-0.05, 0) is 17.7 Å². The average molecular weight is 335 g/mol. The summed E-state index contributed by atoms with van der Waals surface area (Å²) in [5.41, 5.74) is 2.64. The minimum absolute atomic E-state index is 0.000611. The van der Waals surface area contributed by atoms with Gasteiger partial charge in [0.25, 0.3) is 0 Å². The number of thiazole rings is 1. The fourth-order valence-electron chi connectivity index (χ4n) is 1.68. The molecule has 108 valence electrons. The molecular weight excluding hydrogens is 323 g/mol. The maximum atomic E-state index is 13.3. The van der Waals surface area contributed by atoms with E-state index in [2.05, 4.69) is 4.98 Å². The Balaban J connectivity index is 2.36. The lowest BCUT2D eigenvalue weighted by Crippen LogP contribution is -2.27. The molecule has 0 fully saturated rings. The lowest BCUT2D eigenvalue weighted by atomic mass is 10.2. The Bertz CT molecular complexity index is 689. The van der Waals surface area contributed by atoms with Gasteiger partial charge >= 0.3 is 0 Å². The van der Waals surface area contributed by atoms with E-state index in [4.69, 9.17) is 11.6 Å². The molecule has 0 radical (unpaired) electrons. The average Bonchev–Trinajstić information content (AvgIpc) is 2.91. The SMILES string of the molecule is CN(Cc1cscn1)S(=O)(=O)c1cc(F)ccc1CCl. The zero-order chi connectivity index (χ0) is 14.8. The second-order valence-electron chi connectivity index (χ2n) is 4.13. The lowest BCUT2D eigenvalue weighted by molar-refractivity contribution is 0.461. The first-order chi connectivity index (χ1) is 9.45. The van der Waals surface area contributed by atoms with E-state index in [1.165, 1.54) is 30.5 Å². The molecule has 0 aliphatic heterocycles. The summed E-state index contributed by atoms with van der Waals surface area (Å²) in [4.78, 5) is 3.93. The van der Waals surface area contributed by atoms with E-state index in [-0.39, 0.29) is 17.3 Å². The molecule has 0 saturated heterocycles. The van der Waals surface area contributed by atoms with E-state index in [0.717, 1.165) is 10.4 Å². The molecule has 8 heteroatoms. The van der Waals surface area contributed by atoms with Crippen molar-refractivity contribution < 1.29 is 12.8 Å². The van der Waals surface area contributed by atoms with Gasteiger partial charge in [0.05, 0.1) is 22.6 Å². The fourth-order valence-corrected chi connectivity index (χ4v) is 3.91. The number of benzene rings is 1. The topological polar surface area (TPSA) is 50.3 Å². The van der Waals surface area contributed by atoms with Crippen LogP contribution in [0, 0.1) is 5.82 Å². The predicted molar refractivity (Wildman–Crippen MR) is 76.7 cm³/mol. The molecule has 0 spiro atoms. The van der Waals surface area contributed by atoms with Crippen molar-refractivity contribution in [2.24, 2.45) is 0 Å². The third kappa shape index (κ3) is 3.17. The van der Waals surface area contributed by atoms with Crippen molar-refractivity contribution in [3.8, 4) is 0 Å². The molecule has 2 aromatic rings. The van der Waals surface area contributed by atoms with E-state index < -0.39 is 15.8 Å². The molecule has 1 heterocycles. The van der Waals surface area contributed by atoms with Gasteiger partial charge in [0.1, 0.15) is 5.82 Å². The third-order valence-corrected chi connectivity index (χ3v) is 5.54. The normalized spacial score (nSPS) is 12.0. The van der Waals surface area contributed by atoms with Crippen molar-refractivity contribution in [2.45, 2.75) is 17.3 Å². The molecule has 0 N–H and O–H groups in total. The van der Waals surface area contributed by atoms with Gasteiger partial charge in [-0.2, -0.15) is 4.31 Å². The van der Waals surface area contributed by atoms with E-state index in [9.17, 15) is 12.8 Å². The number of rotatable bonds is 5. The molecule has 0 unspecified atom stereocenters. The molecule has 4 nitrogen and oxygen atoms in total. The molecule has 1 aromatic carbocycles. The number of aromatic nitrogens is 1. The predicted octanol–water partition coefficient (Wildman–Crippen LogP) is 2.84. The highest BCUT2D eigenvalue weighted by atomic mass is 35.5. The number of sulfonamides is 1. The van der Waals surface area contributed by atoms with E-state index in [0.29, 0.717) is 11.3 Å². The highest BCUT2D eigenvalue weighted by molar-refractivity contribution is 7.89. The second-order valence-corrected chi connectivity index (χ2v) is 7.13. The Morgan fingerprint density at radius 3 is 2.80 bits per heavy atom. The summed E-state index contributed by atoms with van der Waals surface area (Å²) >= 11 is 7.11. The Kier molecular flexibility index (Phi) is 4.74. The van der Waals surface area contributed by atoms with Crippen LogP contribution in [0.25, 0.3) is 0 Å². The summed E-state index contributed by atoms with van der Waals surface area (Å²) in [6, 6.07) is 3.56. The van der Waals surface area contributed by atoms with Gasteiger partial charge in [-0.3, -0.25) is 0 Å². The maximum Gasteiger partial charge on any atom is 0.243 e. The largest absolute Gasteiger partial charge is 0.248 e. The summed E-state index contributed by atoms with van der Waals surface area (Å²) in [6.45, 7) is 0.129. The summed E-state index contributed by atoms with van der Waals surface area (Å²) in [5.74, 6) is -0.612. The molecule has 2 rings (SSSR count). The highest BCUT2D eigenvalue weighted by Crippen LogP contribution is 2.23. The maximum absolute atomic E-state index is 13.3. The van der Waals surface area contributed by atoms with Gasteiger partial charge in [0.15, 0.2) is 0 Å². The first kappa shape index (κ1) is 15.4. The minimum Gasteiger partial charge on any atom is -0.248 e. The summed E-state index contributed by atoms with van der Waals surface area (Å²) in [6.07, 6.45) is 0. The monoisotopic (exact) mass is 334 g/mol. The number of nitrogens with zero attached hydrogens (tertiary/aromatic N) is 2. The smallest absolute Gasteiger partial charge is 0.243 e. The van der Waals surface area contributed by atoms with Gasteiger partial charge < -0.3 is 0 Å². The van der Waals surface area contributed by atoms with Crippen LogP contribution in [0.3, 0.4) is 0 Å². The van der Waals surface area contributed by atoms with Crippen LogP contribution in [0.15, 0.2) is 34.0 Å². The van der Waals surface area contributed by atoms with Crippen LogP contribution in [0.4, 0.5) is 4.39 Å². The highest BCUT2D eigenvalue weighted by Gasteiger charge is 2.24.